The Morgan fingerprint density at radius 3 is 2.45 bits per heavy atom. The third-order valence-corrected chi connectivity index (χ3v) is 2.95. The van der Waals surface area contributed by atoms with E-state index >= 15 is 0 Å². The minimum Gasteiger partial charge on any atom is -0.507 e. The summed E-state index contributed by atoms with van der Waals surface area (Å²) in [6.07, 6.45) is 1.83. The average molecular weight is 337 g/mol. The number of phenolic OH excluding ortho intramolecular Hbond substituents is 2. The number of carboxylic acid groups (broad SMARTS) is 1. The molecular formula is C16H15CrNO4. The molecule has 0 fully saturated rings. The van der Waals surface area contributed by atoms with E-state index in [1.807, 2.05) is 0 Å². The maximum Gasteiger partial charge on any atom is 0.303 e. The molecule has 0 heterocycles. The van der Waals surface area contributed by atoms with Crippen LogP contribution in [0, 0.1) is 0 Å². The Morgan fingerprint density at radius 1 is 1.09 bits per heavy atom. The van der Waals surface area contributed by atoms with Gasteiger partial charge < -0.3 is 15.3 Å². The van der Waals surface area contributed by atoms with E-state index < -0.39 is 5.97 Å². The van der Waals surface area contributed by atoms with E-state index in [4.69, 9.17) is 5.11 Å². The summed E-state index contributed by atoms with van der Waals surface area (Å²) < 4.78 is 0. The Balaban J connectivity index is 0.00000242. The standard InChI is InChI=1S/C16H15NO4.Cr/c18-14-4-2-1-3-12(14)10-17-13-7-5-11(9-15(13)19)6-8-16(20)21;/h1-5,7,9-10,18-19H,6,8H2,(H,20,21);. The van der Waals surface area contributed by atoms with Crippen molar-refractivity contribution >= 4 is 17.9 Å². The second-order valence-electron chi connectivity index (χ2n) is 4.53. The fourth-order valence-corrected chi connectivity index (χ4v) is 1.82. The number of aliphatic carboxylic acids is 1. The van der Waals surface area contributed by atoms with Crippen molar-refractivity contribution in [1.29, 1.82) is 0 Å². The number of phenols is 2. The summed E-state index contributed by atoms with van der Waals surface area (Å²) in [5.74, 6) is -0.792. The number of rotatable bonds is 5. The molecule has 22 heavy (non-hydrogen) atoms. The molecule has 5 nitrogen and oxygen atoms in total. The zero-order chi connectivity index (χ0) is 15.2. The summed E-state index contributed by atoms with van der Waals surface area (Å²) in [6.45, 7) is 0. The Bertz CT molecular complexity index is 686. The number of aryl methyl sites for hydroxylation is 1. The van der Waals surface area contributed by atoms with E-state index in [2.05, 4.69) is 4.99 Å². The number of para-hydroxylation sites is 1. The summed E-state index contributed by atoms with van der Waals surface area (Å²) in [4.78, 5) is 14.6. The van der Waals surface area contributed by atoms with Crippen LogP contribution in [0.1, 0.15) is 17.5 Å². The molecule has 0 saturated carbocycles. The van der Waals surface area contributed by atoms with E-state index in [9.17, 15) is 15.0 Å². The van der Waals surface area contributed by atoms with E-state index in [1.165, 1.54) is 12.3 Å². The molecule has 3 N–H and O–H groups in total. The molecule has 2 aromatic carbocycles. The van der Waals surface area contributed by atoms with Crippen LogP contribution in [0.15, 0.2) is 47.5 Å². The first-order valence-electron chi connectivity index (χ1n) is 6.42. The zero-order valence-corrected chi connectivity index (χ0v) is 12.9. The van der Waals surface area contributed by atoms with E-state index in [1.54, 1.807) is 36.4 Å². The summed E-state index contributed by atoms with van der Waals surface area (Å²) >= 11 is 0. The van der Waals surface area contributed by atoms with Crippen molar-refractivity contribution in [2.45, 2.75) is 12.8 Å². The summed E-state index contributed by atoms with van der Waals surface area (Å²) in [7, 11) is 0. The number of carboxylic acids is 1. The van der Waals surface area contributed by atoms with Crippen LogP contribution < -0.4 is 0 Å². The molecule has 6 heteroatoms. The van der Waals surface area contributed by atoms with Gasteiger partial charge in [-0.1, -0.05) is 18.2 Å². The number of aromatic hydroxyl groups is 2. The first-order chi connectivity index (χ1) is 10.1. The molecule has 0 aliphatic heterocycles. The molecule has 0 saturated heterocycles. The van der Waals surface area contributed by atoms with Gasteiger partial charge in [-0.2, -0.15) is 0 Å². The van der Waals surface area contributed by atoms with Crippen LogP contribution in [0.2, 0.25) is 0 Å². The van der Waals surface area contributed by atoms with Crippen molar-refractivity contribution in [1.82, 2.24) is 0 Å². The molecule has 0 aliphatic rings. The molecule has 0 amide bonds. The van der Waals surface area contributed by atoms with Gasteiger partial charge in [0.2, 0.25) is 0 Å². The van der Waals surface area contributed by atoms with Gasteiger partial charge in [-0.25, -0.2) is 0 Å². The van der Waals surface area contributed by atoms with Crippen LogP contribution in [0.25, 0.3) is 0 Å². The molecule has 0 radical (unpaired) electrons. The predicted octanol–water partition coefficient (Wildman–Crippen LogP) is 2.86. The number of carbonyl (C=O) groups is 1. The average Bonchev–Trinajstić information content (AvgIpc) is 2.45. The number of hydrogen-bond acceptors (Lipinski definition) is 4. The van der Waals surface area contributed by atoms with Gasteiger partial charge in [0.1, 0.15) is 17.2 Å². The first kappa shape index (κ1) is 17.8. The van der Waals surface area contributed by atoms with Crippen molar-refractivity contribution in [3.63, 3.8) is 0 Å². The van der Waals surface area contributed by atoms with Crippen LogP contribution in [0.3, 0.4) is 0 Å². The van der Waals surface area contributed by atoms with Gasteiger partial charge in [-0.05, 0) is 36.2 Å². The number of hydrogen-bond donors (Lipinski definition) is 3. The molecule has 0 aromatic heterocycles. The Hall–Kier alpha value is -2.29. The molecule has 114 valence electrons. The van der Waals surface area contributed by atoms with Gasteiger partial charge >= 0.3 is 5.97 Å². The van der Waals surface area contributed by atoms with E-state index in [-0.39, 0.29) is 35.3 Å². The largest absolute Gasteiger partial charge is 0.507 e. The van der Waals surface area contributed by atoms with Crippen LogP contribution in [-0.4, -0.2) is 27.5 Å². The van der Waals surface area contributed by atoms with Gasteiger partial charge in [-0.15, -0.1) is 0 Å². The topological polar surface area (TPSA) is 90.1 Å². The maximum absolute atomic E-state index is 10.5. The van der Waals surface area contributed by atoms with Crippen LogP contribution in [-0.2, 0) is 28.6 Å². The van der Waals surface area contributed by atoms with Crippen molar-refractivity contribution < 1.29 is 37.5 Å². The molecule has 2 aromatic rings. The molecule has 0 spiro atoms. The number of nitrogens with zero attached hydrogens (tertiary/aromatic N) is 1. The van der Waals surface area contributed by atoms with E-state index in [0.717, 1.165) is 5.56 Å². The van der Waals surface area contributed by atoms with Crippen molar-refractivity contribution in [2.24, 2.45) is 4.99 Å². The van der Waals surface area contributed by atoms with Gasteiger partial charge in [-0.3, -0.25) is 9.79 Å². The molecule has 0 atom stereocenters. The smallest absolute Gasteiger partial charge is 0.303 e. The zero-order valence-electron chi connectivity index (χ0n) is 11.6. The van der Waals surface area contributed by atoms with Crippen molar-refractivity contribution in [2.75, 3.05) is 0 Å². The minimum atomic E-state index is -0.879. The molecule has 0 bridgehead atoms. The van der Waals surface area contributed by atoms with Crippen molar-refractivity contribution in [3.05, 3.63) is 53.6 Å². The predicted molar refractivity (Wildman–Crippen MR) is 79.4 cm³/mol. The SMILES string of the molecule is O=C(O)CCc1ccc(N=Cc2ccccc2O)c(O)c1.[Cr]. The van der Waals surface area contributed by atoms with Gasteiger partial charge in [0, 0.05) is 35.6 Å². The minimum absolute atomic E-state index is 0. The van der Waals surface area contributed by atoms with Crippen LogP contribution in [0.4, 0.5) is 5.69 Å². The van der Waals surface area contributed by atoms with Crippen molar-refractivity contribution in [3.8, 4) is 11.5 Å². The fourth-order valence-electron chi connectivity index (χ4n) is 1.82. The quantitative estimate of drug-likeness (QED) is 0.732. The molecule has 2 rings (SSSR count). The van der Waals surface area contributed by atoms with Crippen LogP contribution >= 0.6 is 0 Å². The maximum atomic E-state index is 10.5. The third-order valence-electron chi connectivity index (χ3n) is 2.95. The van der Waals surface area contributed by atoms with Crippen LogP contribution in [0.5, 0.6) is 11.5 Å². The Morgan fingerprint density at radius 2 is 1.82 bits per heavy atom. The van der Waals surface area contributed by atoms with Gasteiger partial charge in [0.15, 0.2) is 0 Å². The Kier molecular flexibility index (Phi) is 6.64. The summed E-state index contributed by atoms with van der Waals surface area (Å²) in [5, 5.41) is 28.1. The second-order valence-corrected chi connectivity index (χ2v) is 4.53. The number of benzene rings is 2. The van der Waals surface area contributed by atoms with E-state index in [0.29, 0.717) is 17.7 Å². The Labute approximate surface area is 138 Å². The van der Waals surface area contributed by atoms with Gasteiger partial charge in [0.25, 0.3) is 0 Å². The second kappa shape index (κ2) is 8.23. The molecule has 0 aliphatic carbocycles. The third kappa shape index (κ3) is 4.92. The summed E-state index contributed by atoms with van der Waals surface area (Å²) in [5.41, 5.74) is 1.64. The molecule has 0 unspecified atom stereocenters. The van der Waals surface area contributed by atoms with Gasteiger partial charge in [0.05, 0.1) is 0 Å². The first-order valence-corrected chi connectivity index (χ1v) is 6.42. The number of aliphatic imine (C=N–C) groups is 1. The fraction of sp³-hybridized carbons (Fsp3) is 0.125. The monoisotopic (exact) mass is 337 g/mol. The molecular weight excluding hydrogens is 322 g/mol. The normalized spacial score (nSPS) is 10.4. The summed E-state index contributed by atoms with van der Waals surface area (Å²) in [6, 6.07) is 11.6.